The highest BCUT2D eigenvalue weighted by atomic mass is 16.1. The van der Waals surface area contributed by atoms with Crippen molar-refractivity contribution in [1.29, 1.82) is 0 Å². The second-order valence-electron chi connectivity index (χ2n) is 4.83. The normalized spacial score (nSPS) is 19.1. The molecule has 0 saturated carbocycles. The monoisotopic (exact) mass is 261 g/mol. The van der Waals surface area contributed by atoms with Crippen molar-refractivity contribution in [3.05, 3.63) is 23.9 Å². The predicted molar refractivity (Wildman–Crippen MR) is 73.2 cm³/mol. The zero-order valence-electron chi connectivity index (χ0n) is 11.3. The van der Waals surface area contributed by atoms with Gasteiger partial charge < -0.3 is 10.2 Å². The highest BCUT2D eigenvalue weighted by molar-refractivity contribution is 5.98. The molecule has 1 N–H and O–H groups in total. The largest absolute Gasteiger partial charge is 0.359 e. The molecule has 2 rings (SSSR count). The lowest BCUT2D eigenvalue weighted by atomic mass is 9.96. The van der Waals surface area contributed by atoms with E-state index in [2.05, 4.69) is 10.3 Å². The molecule has 2 heterocycles. The fourth-order valence-corrected chi connectivity index (χ4v) is 2.51. The molecule has 0 spiro atoms. The number of ketones is 1. The van der Waals surface area contributed by atoms with Crippen LogP contribution in [0.1, 0.15) is 30.1 Å². The minimum Gasteiger partial charge on any atom is -0.359 e. The number of amides is 1. The average molecular weight is 261 g/mol. The van der Waals surface area contributed by atoms with Gasteiger partial charge in [0, 0.05) is 26.3 Å². The second-order valence-corrected chi connectivity index (χ2v) is 4.83. The number of hydrogen-bond donors (Lipinski definition) is 1. The van der Waals surface area contributed by atoms with Crippen LogP contribution < -0.4 is 10.2 Å². The first kappa shape index (κ1) is 13.5. The summed E-state index contributed by atoms with van der Waals surface area (Å²) in [6, 6.07) is 3.55. The third-order valence-electron chi connectivity index (χ3n) is 3.50. The molecule has 0 aromatic carbocycles. The summed E-state index contributed by atoms with van der Waals surface area (Å²) in [6.07, 6.45) is 3.51. The molecule has 1 aliphatic heterocycles. The van der Waals surface area contributed by atoms with E-state index in [4.69, 9.17) is 0 Å². The number of rotatable bonds is 3. The Balaban J connectivity index is 2.22. The Morgan fingerprint density at radius 1 is 1.47 bits per heavy atom. The quantitative estimate of drug-likeness (QED) is 0.832. The Morgan fingerprint density at radius 2 is 2.26 bits per heavy atom. The number of carbonyl (C=O) groups excluding carboxylic acids is 2. The number of hydrogen-bond acceptors (Lipinski definition) is 4. The van der Waals surface area contributed by atoms with Crippen LogP contribution in [0.2, 0.25) is 0 Å². The Morgan fingerprint density at radius 3 is 2.95 bits per heavy atom. The number of piperidine rings is 1. The van der Waals surface area contributed by atoms with E-state index < -0.39 is 0 Å². The molecule has 19 heavy (non-hydrogen) atoms. The van der Waals surface area contributed by atoms with Crippen molar-refractivity contribution in [1.82, 2.24) is 10.3 Å². The van der Waals surface area contributed by atoms with E-state index in [1.807, 2.05) is 4.90 Å². The Labute approximate surface area is 113 Å². The van der Waals surface area contributed by atoms with Crippen molar-refractivity contribution >= 4 is 17.5 Å². The van der Waals surface area contributed by atoms with E-state index in [9.17, 15) is 9.59 Å². The summed E-state index contributed by atoms with van der Waals surface area (Å²) < 4.78 is 0. The number of carbonyl (C=O) groups is 2. The van der Waals surface area contributed by atoms with Crippen molar-refractivity contribution in [2.45, 2.75) is 19.8 Å². The standard InChI is InChI=1S/C14H19N3O2/c1-10(18)12-6-3-7-16-13(12)17-8-4-5-11(9-17)14(19)15-2/h3,6-7,11H,4-5,8-9H2,1-2H3,(H,15,19). The van der Waals surface area contributed by atoms with Crippen LogP contribution in [-0.2, 0) is 4.79 Å². The third-order valence-corrected chi connectivity index (χ3v) is 3.50. The minimum atomic E-state index is -0.0273. The van der Waals surface area contributed by atoms with Crippen molar-refractivity contribution in [3.8, 4) is 0 Å². The van der Waals surface area contributed by atoms with Gasteiger partial charge >= 0.3 is 0 Å². The van der Waals surface area contributed by atoms with Crippen molar-refractivity contribution < 1.29 is 9.59 Å². The molecular weight excluding hydrogens is 242 g/mol. The van der Waals surface area contributed by atoms with E-state index in [-0.39, 0.29) is 17.6 Å². The number of anilines is 1. The molecule has 1 fully saturated rings. The highest BCUT2D eigenvalue weighted by Gasteiger charge is 2.27. The summed E-state index contributed by atoms with van der Waals surface area (Å²) in [5, 5.41) is 2.69. The summed E-state index contributed by atoms with van der Waals surface area (Å²) in [5.41, 5.74) is 0.625. The van der Waals surface area contributed by atoms with Crippen LogP contribution in [0.15, 0.2) is 18.3 Å². The second kappa shape index (κ2) is 5.82. The third kappa shape index (κ3) is 2.92. The van der Waals surface area contributed by atoms with Crippen molar-refractivity contribution in [3.63, 3.8) is 0 Å². The van der Waals surface area contributed by atoms with Gasteiger partial charge in [-0.15, -0.1) is 0 Å². The van der Waals surface area contributed by atoms with Gasteiger partial charge in [-0.05, 0) is 31.9 Å². The van der Waals surface area contributed by atoms with E-state index in [0.29, 0.717) is 17.9 Å². The van der Waals surface area contributed by atoms with Crippen LogP contribution in [0.5, 0.6) is 0 Å². The first-order valence-corrected chi connectivity index (χ1v) is 6.56. The maximum Gasteiger partial charge on any atom is 0.224 e. The fraction of sp³-hybridized carbons (Fsp3) is 0.500. The maximum atomic E-state index is 11.7. The summed E-state index contributed by atoms with van der Waals surface area (Å²) in [5.74, 6) is 0.735. The van der Waals surface area contributed by atoms with Gasteiger partial charge in [0.25, 0.3) is 0 Å². The smallest absolute Gasteiger partial charge is 0.224 e. The van der Waals surface area contributed by atoms with Gasteiger partial charge in [0.2, 0.25) is 5.91 Å². The SMILES string of the molecule is CNC(=O)C1CCCN(c2ncccc2C(C)=O)C1. The number of pyridine rings is 1. The van der Waals surface area contributed by atoms with Crippen molar-refractivity contribution in [2.24, 2.45) is 5.92 Å². The highest BCUT2D eigenvalue weighted by Crippen LogP contribution is 2.24. The Kier molecular flexibility index (Phi) is 4.14. The molecular formula is C14H19N3O2. The zero-order valence-corrected chi connectivity index (χ0v) is 11.3. The summed E-state index contributed by atoms with van der Waals surface area (Å²) >= 11 is 0. The van der Waals surface area contributed by atoms with Gasteiger partial charge in [-0.2, -0.15) is 0 Å². The van der Waals surface area contributed by atoms with E-state index in [0.717, 1.165) is 19.4 Å². The lowest BCUT2D eigenvalue weighted by molar-refractivity contribution is -0.124. The maximum absolute atomic E-state index is 11.7. The van der Waals surface area contributed by atoms with Gasteiger partial charge in [0.15, 0.2) is 5.78 Å². The molecule has 1 atom stereocenters. The molecule has 1 aromatic heterocycles. The number of nitrogens with zero attached hydrogens (tertiary/aromatic N) is 2. The molecule has 102 valence electrons. The minimum absolute atomic E-state index is 0.00478. The van der Waals surface area contributed by atoms with Gasteiger partial charge in [-0.3, -0.25) is 9.59 Å². The van der Waals surface area contributed by atoms with Gasteiger partial charge in [0.05, 0.1) is 11.5 Å². The lowest BCUT2D eigenvalue weighted by Crippen LogP contribution is -2.43. The van der Waals surface area contributed by atoms with Gasteiger partial charge in [-0.25, -0.2) is 4.98 Å². The van der Waals surface area contributed by atoms with Crippen LogP contribution in [-0.4, -0.2) is 36.8 Å². The lowest BCUT2D eigenvalue weighted by Gasteiger charge is -2.33. The predicted octanol–water partition coefficient (Wildman–Crippen LogP) is 1.25. The van der Waals surface area contributed by atoms with E-state index >= 15 is 0 Å². The molecule has 5 nitrogen and oxygen atoms in total. The summed E-state index contributed by atoms with van der Waals surface area (Å²) in [4.78, 5) is 29.7. The molecule has 0 aliphatic carbocycles. The Bertz CT molecular complexity index is 487. The van der Waals surface area contributed by atoms with Gasteiger partial charge in [0.1, 0.15) is 5.82 Å². The first-order chi connectivity index (χ1) is 9.13. The first-order valence-electron chi connectivity index (χ1n) is 6.56. The van der Waals surface area contributed by atoms with Crippen LogP contribution in [0.4, 0.5) is 5.82 Å². The van der Waals surface area contributed by atoms with Crippen LogP contribution in [0.25, 0.3) is 0 Å². The summed E-state index contributed by atoms with van der Waals surface area (Å²) in [6.45, 7) is 3.00. The van der Waals surface area contributed by atoms with Crippen LogP contribution in [0, 0.1) is 5.92 Å². The molecule has 1 unspecified atom stereocenters. The van der Waals surface area contributed by atoms with Gasteiger partial charge in [-0.1, -0.05) is 0 Å². The van der Waals surface area contributed by atoms with E-state index in [1.165, 1.54) is 0 Å². The summed E-state index contributed by atoms with van der Waals surface area (Å²) in [7, 11) is 1.66. The number of Topliss-reactive ketones (excluding diaryl/α,β-unsaturated/α-hetero) is 1. The van der Waals surface area contributed by atoms with Crippen LogP contribution >= 0.6 is 0 Å². The molecule has 1 aliphatic rings. The molecule has 0 radical (unpaired) electrons. The number of aromatic nitrogens is 1. The zero-order chi connectivity index (χ0) is 13.8. The average Bonchev–Trinajstić information content (AvgIpc) is 2.46. The van der Waals surface area contributed by atoms with Crippen molar-refractivity contribution in [2.75, 3.05) is 25.0 Å². The topological polar surface area (TPSA) is 62.3 Å². The molecule has 1 amide bonds. The number of nitrogens with one attached hydrogen (secondary N) is 1. The molecule has 0 bridgehead atoms. The Hall–Kier alpha value is -1.91. The van der Waals surface area contributed by atoms with E-state index in [1.54, 1.807) is 32.3 Å². The molecule has 1 saturated heterocycles. The molecule has 1 aromatic rings. The fourth-order valence-electron chi connectivity index (χ4n) is 2.51. The molecule has 5 heteroatoms. The van der Waals surface area contributed by atoms with Crippen LogP contribution in [0.3, 0.4) is 0 Å².